The molecule has 0 aliphatic carbocycles. The molecule has 0 atom stereocenters. The Morgan fingerprint density at radius 3 is 2.28 bits per heavy atom. The molecule has 2 heterocycles. The van der Waals surface area contributed by atoms with Crippen molar-refractivity contribution < 1.29 is 13.2 Å². The molecule has 2 aromatic carbocycles. The molecule has 0 radical (unpaired) electrons. The molecule has 0 saturated heterocycles. The van der Waals surface area contributed by atoms with Crippen molar-refractivity contribution in [3.63, 3.8) is 0 Å². The van der Waals surface area contributed by atoms with Crippen LogP contribution in [0.3, 0.4) is 0 Å². The highest BCUT2D eigenvalue weighted by atomic mass is 32.2. The van der Waals surface area contributed by atoms with E-state index in [9.17, 15) is 8.42 Å². The van der Waals surface area contributed by atoms with E-state index in [0.717, 1.165) is 22.1 Å². The summed E-state index contributed by atoms with van der Waals surface area (Å²) in [5.41, 5.74) is 10.7. The van der Waals surface area contributed by atoms with Crippen LogP contribution < -0.4 is 10.5 Å². The van der Waals surface area contributed by atoms with Gasteiger partial charge in [-0.2, -0.15) is 8.42 Å². The smallest absolute Gasteiger partial charge is 0.280 e. The zero-order valence-corrected chi connectivity index (χ0v) is 20.4. The summed E-state index contributed by atoms with van der Waals surface area (Å²) in [4.78, 5) is 0. The predicted molar refractivity (Wildman–Crippen MR) is 132 cm³/mol. The van der Waals surface area contributed by atoms with Gasteiger partial charge in [0.2, 0.25) is 5.88 Å². The van der Waals surface area contributed by atoms with Gasteiger partial charge in [-0.1, -0.05) is 57.2 Å². The Morgan fingerprint density at radius 1 is 1.03 bits per heavy atom. The summed E-state index contributed by atoms with van der Waals surface area (Å²) in [6.07, 6.45) is 0.513. The number of rotatable bonds is 6. The molecule has 0 bridgehead atoms. The van der Waals surface area contributed by atoms with E-state index in [1.165, 1.54) is 28.0 Å². The zero-order chi connectivity index (χ0) is 23.1. The van der Waals surface area contributed by atoms with Crippen molar-refractivity contribution in [1.29, 1.82) is 0 Å². The molecular weight excluding hydrogens is 440 g/mol. The highest BCUT2D eigenvalue weighted by Crippen LogP contribution is 2.39. The maximum Gasteiger partial charge on any atom is 0.280 e. The Kier molecular flexibility index (Phi) is 5.92. The second-order valence-electron chi connectivity index (χ2n) is 8.79. The number of aromatic nitrogens is 1. The van der Waals surface area contributed by atoms with Gasteiger partial charge in [-0.05, 0) is 58.7 Å². The number of benzene rings is 2. The molecule has 0 unspecified atom stereocenters. The molecule has 0 fully saturated rings. The van der Waals surface area contributed by atoms with Crippen molar-refractivity contribution in [3.8, 4) is 17.0 Å². The summed E-state index contributed by atoms with van der Waals surface area (Å²) < 4.78 is 34.1. The Labute approximate surface area is 193 Å². The monoisotopic (exact) mass is 468 g/mol. The van der Waals surface area contributed by atoms with Crippen molar-refractivity contribution in [2.24, 2.45) is 5.73 Å². The Bertz CT molecular complexity index is 1350. The second-order valence-corrected chi connectivity index (χ2v) is 11.7. The molecule has 0 saturated carbocycles. The van der Waals surface area contributed by atoms with Crippen LogP contribution in [0.5, 0.6) is 5.88 Å². The lowest BCUT2D eigenvalue weighted by Crippen LogP contribution is -2.13. The highest BCUT2D eigenvalue weighted by Gasteiger charge is 2.28. The standard InChI is InChI=1S/C25H28N2O3S2/c1-25(2,3)19-10-7-17(8-11-19)18-9-12-22-21(16-18)20(13-14-26)24(30-4)27(22)32(28,29)23-6-5-15-31-23/h5-12,15-16H,13-14,26H2,1-4H3. The topological polar surface area (TPSA) is 74.3 Å². The lowest BCUT2D eigenvalue weighted by atomic mass is 9.86. The van der Waals surface area contributed by atoms with Gasteiger partial charge in [0.25, 0.3) is 10.0 Å². The average molecular weight is 469 g/mol. The molecular formula is C25H28N2O3S2. The van der Waals surface area contributed by atoms with Crippen LogP contribution in [-0.2, 0) is 21.9 Å². The van der Waals surface area contributed by atoms with E-state index < -0.39 is 10.0 Å². The summed E-state index contributed by atoms with van der Waals surface area (Å²) in [5, 5.41) is 2.59. The van der Waals surface area contributed by atoms with Crippen molar-refractivity contribution in [2.75, 3.05) is 13.7 Å². The van der Waals surface area contributed by atoms with Gasteiger partial charge in [0.15, 0.2) is 0 Å². The van der Waals surface area contributed by atoms with Crippen LogP contribution in [-0.4, -0.2) is 26.0 Å². The molecule has 2 N–H and O–H groups in total. The molecule has 4 rings (SSSR count). The number of ether oxygens (including phenoxy) is 1. The second kappa shape index (κ2) is 8.39. The number of nitrogens with zero attached hydrogens (tertiary/aromatic N) is 1. The lowest BCUT2D eigenvalue weighted by Gasteiger charge is -2.19. The van der Waals surface area contributed by atoms with Crippen LogP contribution in [0.2, 0.25) is 0 Å². The minimum Gasteiger partial charge on any atom is -0.481 e. The fraction of sp³-hybridized carbons (Fsp3) is 0.280. The number of fused-ring (bicyclic) bond motifs is 1. The first-order valence-electron chi connectivity index (χ1n) is 10.5. The number of thiophene rings is 1. The molecule has 0 amide bonds. The first-order chi connectivity index (χ1) is 15.2. The normalized spacial score (nSPS) is 12.4. The largest absolute Gasteiger partial charge is 0.481 e. The van der Waals surface area contributed by atoms with Gasteiger partial charge in [0, 0.05) is 10.9 Å². The third kappa shape index (κ3) is 3.85. The van der Waals surface area contributed by atoms with E-state index in [1.54, 1.807) is 17.5 Å². The maximum absolute atomic E-state index is 13.5. The fourth-order valence-corrected chi connectivity index (χ4v) is 6.55. The van der Waals surface area contributed by atoms with E-state index in [2.05, 4.69) is 45.0 Å². The third-order valence-electron chi connectivity index (χ3n) is 5.64. The van der Waals surface area contributed by atoms with Crippen LogP contribution in [0.4, 0.5) is 0 Å². The molecule has 0 aliphatic rings. The molecule has 2 aromatic heterocycles. The van der Waals surface area contributed by atoms with Crippen LogP contribution in [0, 0.1) is 0 Å². The maximum atomic E-state index is 13.5. The van der Waals surface area contributed by atoms with Gasteiger partial charge in [-0.15, -0.1) is 11.3 Å². The van der Waals surface area contributed by atoms with Gasteiger partial charge < -0.3 is 10.5 Å². The van der Waals surface area contributed by atoms with Gasteiger partial charge in [0.05, 0.1) is 12.6 Å². The van der Waals surface area contributed by atoms with Crippen molar-refractivity contribution in [3.05, 3.63) is 71.1 Å². The number of hydrogen-bond donors (Lipinski definition) is 1. The first kappa shape index (κ1) is 22.6. The van der Waals surface area contributed by atoms with E-state index in [1.807, 2.05) is 18.2 Å². The van der Waals surface area contributed by atoms with E-state index >= 15 is 0 Å². The zero-order valence-electron chi connectivity index (χ0n) is 18.8. The average Bonchev–Trinajstić information content (AvgIpc) is 3.41. The molecule has 5 nitrogen and oxygen atoms in total. The van der Waals surface area contributed by atoms with E-state index in [-0.39, 0.29) is 9.62 Å². The highest BCUT2D eigenvalue weighted by molar-refractivity contribution is 7.92. The minimum atomic E-state index is -3.79. The SMILES string of the molecule is COc1c(CCN)c2cc(-c3ccc(C(C)(C)C)cc3)ccc2n1S(=O)(=O)c1cccs1. The summed E-state index contributed by atoms with van der Waals surface area (Å²) >= 11 is 1.19. The van der Waals surface area contributed by atoms with Gasteiger partial charge in [0.1, 0.15) is 4.21 Å². The molecule has 32 heavy (non-hydrogen) atoms. The summed E-state index contributed by atoms with van der Waals surface area (Å²) in [6, 6.07) is 17.7. The predicted octanol–water partition coefficient (Wildman–Crippen LogP) is 5.41. The quantitative estimate of drug-likeness (QED) is 0.410. The van der Waals surface area contributed by atoms with Crippen molar-refractivity contribution in [2.45, 2.75) is 36.8 Å². The molecule has 0 aliphatic heterocycles. The Morgan fingerprint density at radius 2 is 1.72 bits per heavy atom. The number of methoxy groups -OCH3 is 1. The molecule has 7 heteroatoms. The Hall–Kier alpha value is -2.61. The third-order valence-corrected chi connectivity index (χ3v) is 8.71. The minimum absolute atomic E-state index is 0.0809. The fourth-order valence-electron chi connectivity index (χ4n) is 3.98. The van der Waals surface area contributed by atoms with E-state index in [0.29, 0.717) is 24.4 Å². The van der Waals surface area contributed by atoms with Crippen LogP contribution >= 0.6 is 11.3 Å². The van der Waals surface area contributed by atoms with Crippen LogP contribution in [0.15, 0.2) is 64.2 Å². The summed E-state index contributed by atoms with van der Waals surface area (Å²) in [5.74, 6) is 0.319. The molecule has 0 spiro atoms. The summed E-state index contributed by atoms with van der Waals surface area (Å²) in [7, 11) is -2.29. The van der Waals surface area contributed by atoms with Gasteiger partial charge in [-0.3, -0.25) is 0 Å². The Balaban J connectivity index is 1.93. The first-order valence-corrected chi connectivity index (χ1v) is 12.8. The number of nitrogens with two attached hydrogens (primary N) is 1. The van der Waals surface area contributed by atoms with Gasteiger partial charge >= 0.3 is 0 Å². The van der Waals surface area contributed by atoms with E-state index in [4.69, 9.17) is 10.5 Å². The molecule has 168 valence electrons. The lowest BCUT2D eigenvalue weighted by molar-refractivity contribution is 0.390. The molecule has 4 aromatic rings. The number of hydrogen-bond acceptors (Lipinski definition) is 5. The summed E-state index contributed by atoms with van der Waals surface area (Å²) in [6.45, 7) is 6.96. The van der Waals surface area contributed by atoms with Crippen LogP contribution in [0.1, 0.15) is 31.9 Å². The van der Waals surface area contributed by atoms with Gasteiger partial charge in [-0.25, -0.2) is 3.97 Å². The van der Waals surface area contributed by atoms with Crippen molar-refractivity contribution >= 4 is 32.3 Å². The van der Waals surface area contributed by atoms with Crippen LogP contribution in [0.25, 0.3) is 22.0 Å². The van der Waals surface area contributed by atoms with Crippen molar-refractivity contribution in [1.82, 2.24) is 3.97 Å².